The van der Waals surface area contributed by atoms with Crippen molar-refractivity contribution in [3.63, 3.8) is 0 Å². The summed E-state index contributed by atoms with van der Waals surface area (Å²) < 4.78 is 5.16. The van der Waals surface area contributed by atoms with Gasteiger partial charge in [-0.25, -0.2) is 0 Å². The number of aromatic nitrogens is 1. The third kappa shape index (κ3) is 2.39. The van der Waals surface area contributed by atoms with Crippen LogP contribution in [0.3, 0.4) is 0 Å². The molecule has 0 spiro atoms. The number of thiophene rings is 1. The average molecular weight is 392 g/mol. The van der Waals surface area contributed by atoms with E-state index < -0.39 is 0 Å². The number of hydrogen-bond donors (Lipinski definition) is 0. The zero-order chi connectivity index (χ0) is 19.5. The highest BCUT2D eigenvalue weighted by molar-refractivity contribution is 7.26. The van der Waals surface area contributed by atoms with Crippen molar-refractivity contribution >= 4 is 53.3 Å². The number of hydrogen-bond acceptors (Lipinski definition) is 1. The molecular formula is C27H21NS. The summed E-state index contributed by atoms with van der Waals surface area (Å²) in [5, 5.41) is 5.41. The van der Waals surface area contributed by atoms with Gasteiger partial charge in [0.1, 0.15) is 0 Å². The second-order valence-corrected chi connectivity index (χ2v) is 9.09. The lowest BCUT2D eigenvalue weighted by Gasteiger charge is -2.10. The molecule has 0 aliphatic rings. The molecule has 2 aromatic heterocycles. The van der Waals surface area contributed by atoms with E-state index in [0.717, 1.165) is 0 Å². The van der Waals surface area contributed by atoms with E-state index in [-0.39, 0.29) is 0 Å². The van der Waals surface area contributed by atoms with Crippen molar-refractivity contribution in [2.45, 2.75) is 19.8 Å². The number of para-hydroxylation sites is 1. The molecule has 0 bridgehead atoms. The fourth-order valence-corrected chi connectivity index (χ4v) is 5.78. The van der Waals surface area contributed by atoms with Crippen molar-refractivity contribution < 1.29 is 0 Å². The van der Waals surface area contributed by atoms with Gasteiger partial charge in [0.25, 0.3) is 0 Å². The predicted molar refractivity (Wildman–Crippen MR) is 128 cm³/mol. The summed E-state index contributed by atoms with van der Waals surface area (Å²) in [7, 11) is 0. The van der Waals surface area contributed by atoms with Gasteiger partial charge in [-0.3, -0.25) is 0 Å². The second-order valence-electron chi connectivity index (χ2n) is 8.03. The first kappa shape index (κ1) is 16.8. The zero-order valence-corrected chi connectivity index (χ0v) is 17.3. The molecule has 0 atom stereocenters. The molecule has 0 unspecified atom stereocenters. The molecule has 0 saturated heterocycles. The Balaban J connectivity index is 1.75. The van der Waals surface area contributed by atoms with Gasteiger partial charge in [-0.1, -0.05) is 68.4 Å². The monoisotopic (exact) mass is 391 g/mol. The van der Waals surface area contributed by atoms with Gasteiger partial charge < -0.3 is 4.57 Å². The average Bonchev–Trinajstić information content (AvgIpc) is 3.29. The summed E-state index contributed by atoms with van der Waals surface area (Å²) in [5.41, 5.74) is 5.15. The molecule has 0 amide bonds. The smallest absolute Gasteiger partial charge is 0.0555 e. The minimum Gasteiger partial charge on any atom is -0.309 e. The molecule has 2 heterocycles. The predicted octanol–water partition coefficient (Wildman–Crippen LogP) is 8.28. The van der Waals surface area contributed by atoms with Crippen LogP contribution in [0.2, 0.25) is 0 Å². The standard InChI is InChI=1S/C27H21NS/c1-17(2)18-11-13-19(14-12-18)28-23-9-5-3-8-22(23)26-24(28)16-15-21-20-7-4-6-10-25(20)29-27(21)26/h3-17H,1-2H3. The Morgan fingerprint density at radius 2 is 1.38 bits per heavy atom. The van der Waals surface area contributed by atoms with Gasteiger partial charge in [-0.15, -0.1) is 11.3 Å². The molecule has 0 aliphatic heterocycles. The summed E-state index contributed by atoms with van der Waals surface area (Å²) in [6.07, 6.45) is 0. The van der Waals surface area contributed by atoms with E-state index in [9.17, 15) is 0 Å². The first-order valence-electron chi connectivity index (χ1n) is 10.2. The number of benzene rings is 4. The maximum atomic E-state index is 2.42. The van der Waals surface area contributed by atoms with Gasteiger partial charge in [0.05, 0.1) is 11.0 Å². The van der Waals surface area contributed by atoms with Crippen LogP contribution in [0, 0.1) is 0 Å². The first-order chi connectivity index (χ1) is 14.2. The van der Waals surface area contributed by atoms with Crippen molar-refractivity contribution in [2.75, 3.05) is 0 Å². The molecular weight excluding hydrogens is 370 g/mol. The minimum atomic E-state index is 0.542. The SMILES string of the molecule is CC(C)c1ccc(-n2c3ccccc3c3c4sc5ccccc5c4ccc32)cc1. The first-order valence-corrected chi connectivity index (χ1v) is 11.0. The Kier molecular flexibility index (Phi) is 3.60. The van der Waals surface area contributed by atoms with Gasteiger partial charge in [0, 0.05) is 36.6 Å². The Labute approximate surface area is 173 Å². The van der Waals surface area contributed by atoms with E-state index in [2.05, 4.69) is 103 Å². The highest BCUT2D eigenvalue weighted by atomic mass is 32.1. The molecule has 29 heavy (non-hydrogen) atoms. The van der Waals surface area contributed by atoms with Gasteiger partial charge in [-0.05, 0) is 41.8 Å². The molecule has 6 rings (SSSR count). The molecule has 1 nitrogen and oxygen atoms in total. The van der Waals surface area contributed by atoms with E-state index >= 15 is 0 Å². The number of rotatable bonds is 2. The lowest BCUT2D eigenvalue weighted by Crippen LogP contribution is -1.95. The molecule has 6 aromatic rings. The molecule has 0 saturated carbocycles. The van der Waals surface area contributed by atoms with Crippen LogP contribution in [-0.4, -0.2) is 4.57 Å². The van der Waals surface area contributed by atoms with Crippen LogP contribution in [0.4, 0.5) is 0 Å². The van der Waals surface area contributed by atoms with Crippen LogP contribution >= 0.6 is 11.3 Å². The minimum absolute atomic E-state index is 0.542. The Hall–Kier alpha value is -3.10. The number of nitrogens with zero attached hydrogens (tertiary/aromatic N) is 1. The van der Waals surface area contributed by atoms with Crippen LogP contribution in [0.1, 0.15) is 25.3 Å². The molecule has 0 N–H and O–H groups in total. The van der Waals surface area contributed by atoms with E-state index in [0.29, 0.717) is 5.92 Å². The summed E-state index contributed by atoms with van der Waals surface area (Å²) in [6.45, 7) is 4.49. The highest BCUT2D eigenvalue weighted by Crippen LogP contribution is 2.43. The van der Waals surface area contributed by atoms with Crippen LogP contribution in [0.25, 0.3) is 47.7 Å². The maximum absolute atomic E-state index is 2.42. The second kappa shape index (κ2) is 6.20. The van der Waals surface area contributed by atoms with Gasteiger partial charge in [0.2, 0.25) is 0 Å². The molecule has 2 heteroatoms. The summed E-state index contributed by atoms with van der Waals surface area (Å²) in [6, 6.07) is 31.2. The third-order valence-corrected chi connectivity index (χ3v) is 7.20. The van der Waals surface area contributed by atoms with Crippen molar-refractivity contribution in [3.8, 4) is 5.69 Å². The van der Waals surface area contributed by atoms with Crippen molar-refractivity contribution in [2.24, 2.45) is 0 Å². The third-order valence-electron chi connectivity index (χ3n) is 6.00. The van der Waals surface area contributed by atoms with E-state index in [4.69, 9.17) is 0 Å². The quantitative estimate of drug-likeness (QED) is 0.280. The van der Waals surface area contributed by atoms with Crippen LogP contribution in [0.15, 0.2) is 84.9 Å². The maximum Gasteiger partial charge on any atom is 0.0555 e. The zero-order valence-electron chi connectivity index (χ0n) is 16.5. The van der Waals surface area contributed by atoms with E-state index in [1.807, 2.05) is 11.3 Å². The molecule has 0 radical (unpaired) electrons. The highest BCUT2D eigenvalue weighted by Gasteiger charge is 2.17. The molecule has 140 valence electrons. The Morgan fingerprint density at radius 1 is 0.655 bits per heavy atom. The number of fused-ring (bicyclic) bond motifs is 7. The molecule has 4 aromatic carbocycles. The van der Waals surface area contributed by atoms with Gasteiger partial charge in [-0.2, -0.15) is 0 Å². The van der Waals surface area contributed by atoms with E-state index in [1.165, 1.54) is 53.2 Å². The van der Waals surface area contributed by atoms with Gasteiger partial charge >= 0.3 is 0 Å². The Bertz CT molecular complexity index is 1510. The molecule has 0 fully saturated rings. The van der Waals surface area contributed by atoms with E-state index in [1.54, 1.807) is 0 Å². The van der Waals surface area contributed by atoms with Gasteiger partial charge in [0.15, 0.2) is 0 Å². The van der Waals surface area contributed by atoms with Crippen LogP contribution in [0.5, 0.6) is 0 Å². The van der Waals surface area contributed by atoms with Crippen molar-refractivity contribution in [3.05, 3.63) is 90.5 Å². The fraction of sp³-hybridized carbons (Fsp3) is 0.111. The fourth-order valence-electron chi connectivity index (χ4n) is 4.52. The summed E-state index contributed by atoms with van der Waals surface area (Å²) >= 11 is 1.91. The molecule has 0 aliphatic carbocycles. The largest absolute Gasteiger partial charge is 0.309 e. The lowest BCUT2D eigenvalue weighted by molar-refractivity contribution is 0.866. The Morgan fingerprint density at radius 3 is 2.17 bits per heavy atom. The van der Waals surface area contributed by atoms with Crippen LogP contribution in [-0.2, 0) is 0 Å². The normalized spacial score (nSPS) is 12.1. The van der Waals surface area contributed by atoms with Crippen LogP contribution < -0.4 is 0 Å². The topological polar surface area (TPSA) is 4.93 Å². The van der Waals surface area contributed by atoms with Crippen molar-refractivity contribution in [1.29, 1.82) is 0 Å². The van der Waals surface area contributed by atoms with Crippen molar-refractivity contribution in [1.82, 2.24) is 4.57 Å². The summed E-state index contributed by atoms with van der Waals surface area (Å²) in [4.78, 5) is 0. The summed E-state index contributed by atoms with van der Waals surface area (Å²) in [5.74, 6) is 0.542. The lowest BCUT2D eigenvalue weighted by atomic mass is 10.0.